The number of carbonyl (C=O) groups excluding carboxylic acids is 1. The van der Waals surface area contributed by atoms with Crippen molar-refractivity contribution in [1.29, 1.82) is 0 Å². The van der Waals surface area contributed by atoms with Crippen LogP contribution in [0, 0.1) is 11.7 Å². The number of rotatable bonds is 5. The third-order valence-corrected chi connectivity index (χ3v) is 4.15. The Hall–Kier alpha value is -1.46. The first kappa shape index (κ1) is 15.9. The molecule has 4 nitrogen and oxygen atoms in total. The van der Waals surface area contributed by atoms with Crippen molar-refractivity contribution in [3.05, 3.63) is 35.6 Å². The van der Waals surface area contributed by atoms with E-state index in [-0.39, 0.29) is 11.7 Å². The first-order valence-corrected chi connectivity index (χ1v) is 7.45. The molecular formula is C16H23FN2O2. The van der Waals surface area contributed by atoms with Crippen molar-refractivity contribution >= 4 is 5.91 Å². The molecule has 0 bridgehead atoms. The molecule has 1 atom stereocenters. The van der Waals surface area contributed by atoms with Crippen LogP contribution in [0.1, 0.15) is 30.9 Å². The SMILES string of the molecule is CNC(=O)CC1CCN(CC(O)c2ccc(F)cc2)CC1. The average Bonchev–Trinajstić information content (AvgIpc) is 2.49. The molecule has 2 rings (SSSR count). The van der Waals surface area contributed by atoms with Gasteiger partial charge in [0.25, 0.3) is 0 Å². The highest BCUT2D eigenvalue weighted by Gasteiger charge is 2.22. The summed E-state index contributed by atoms with van der Waals surface area (Å²) in [5.74, 6) is 0.241. The number of piperidine rings is 1. The molecule has 1 aromatic rings. The topological polar surface area (TPSA) is 52.6 Å². The van der Waals surface area contributed by atoms with Crippen LogP contribution in [0.2, 0.25) is 0 Å². The van der Waals surface area contributed by atoms with E-state index in [0.29, 0.717) is 18.9 Å². The number of aliphatic hydroxyl groups is 1. The number of nitrogens with one attached hydrogen (secondary N) is 1. The van der Waals surface area contributed by atoms with Gasteiger partial charge in [-0.2, -0.15) is 0 Å². The van der Waals surface area contributed by atoms with Crippen LogP contribution in [-0.4, -0.2) is 42.6 Å². The van der Waals surface area contributed by atoms with Gasteiger partial charge in [-0.3, -0.25) is 4.79 Å². The fraction of sp³-hybridized carbons (Fsp3) is 0.562. The number of nitrogens with zero attached hydrogens (tertiary/aromatic N) is 1. The number of carbonyl (C=O) groups is 1. The maximum absolute atomic E-state index is 12.9. The largest absolute Gasteiger partial charge is 0.387 e. The first-order chi connectivity index (χ1) is 10.1. The minimum atomic E-state index is -0.596. The number of hydrogen-bond acceptors (Lipinski definition) is 3. The van der Waals surface area contributed by atoms with Crippen LogP contribution in [0.25, 0.3) is 0 Å². The molecule has 1 heterocycles. The molecule has 1 aliphatic rings. The molecule has 1 aromatic carbocycles. The van der Waals surface area contributed by atoms with Gasteiger partial charge in [0.1, 0.15) is 5.82 Å². The number of likely N-dealkylation sites (tertiary alicyclic amines) is 1. The zero-order valence-electron chi connectivity index (χ0n) is 12.4. The van der Waals surface area contributed by atoms with E-state index < -0.39 is 6.10 Å². The Kier molecular flexibility index (Phi) is 5.70. The Labute approximate surface area is 125 Å². The first-order valence-electron chi connectivity index (χ1n) is 7.45. The second kappa shape index (κ2) is 7.52. The number of halogens is 1. The van der Waals surface area contributed by atoms with E-state index in [1.54, 1.807) is 19.2 Å². The van der Waals surface area contributed by atoms with Gasteiger partial charge in [-0.25, -0.2) is 4.39 Å². The Bertz CT molecular complexity index is 456. The Balaban J connectivity index is 1.77. The van der Waals surface area contributed by atoms with E-state index in [9.17, 15) is 14.3 Å². The van der Waals surface area contributed by atoms with Crippen molar-refractivity contribution in [2.75, 3.05) is 26.7 Å². The smallest absolute Gasteiger partial charge is 0.220 e. The molecule has 116 valence electrons. The van der Waals surface area contributed by atoms with E-state index >= 15 is 0 Å². The lowest BCUT2D eigenvalue weighted by atomic mass is 9.93. The quantitative estimate of drug-likeness (QED) is 0.869. The van der Waals surface area contributed by atoms with Gasteiger partial charge in [-0.15, -0.1) is 0 Å². The van der Waals surface area contributed by atoms with Gasteiger partial charge < -0.3 is 15.3 Å². The van der Waals surface area contributed by atoms with E-state index in [1.807, 2.05) is 0 Å². The van der Waals surface area contributed by atoms with Crippen LogP contribution in [0.4, 0.5) is 4.39 Å². The number of hydrogen-bond donors (Lipinski definition) is 2. The molecule has 1 aliphatic heterocycles. The fourth-order valence-corrected chi connectivity index (χ4v) is 2.77. The molecule has 0 saturated carbocycles. The molecule has 1 saturated heterocycles. The third-order valence-electron chi connectivity index (χ3n) is 4.15. The average molecular weight is 294 g/mol. The maximum atomic E-state index is 12.9. The minimum Gasteiger partial charge on any atom is -0.387 e. The van der Waals surface area contributed by atoms with Crippen molar-refractivity contribution in [1.82, 2.24) is 10.2 Å². The molecule has 0 aromatic heterocycles. The summed E-state index contributed by atoms with van der Waals surface area (Å²) in [5.41, 5.74) is 0.740. The summed E-state index contributed by atoms with van der Waals surface area (Å²) in [6.45, 7) is 2.33. The van der Waals surface area contributed by atoms with Crippen LogP contribution in [0.5, 0.6) is 0 Å². The molecule has 1 amide bonds. The van der Waals surface area contributed by atoms with Crippen LogP contribution in [-0.2, 0) is 4.79 Å². The monoisotopic (exact) mass is 294 g/mol. The molecule has 0 aliphatic carbocycles. The van der Waals surface area contributed by atoms with Crippen molar-refractivity contribution < 1.29 is 14.3 Å². The maximum Gasteiger partial charge on any atom is 0.220 e. The van der Waals surface area contributed by atoms with Gasteiger partial charge in [0.15, 0.2) is 0 Å². The second-order valence-corrected chi connectivity index (χ2v) is 5.69. The summed E-state index contributed by atoms with van der Waals surface area (Å²) in [7, 11) is 1.66. The van der Waals surface area contributed by atoms with Gasteiger partial charge in [-0.1, -0.05) is 12.1 Å². The molecule has 21 heavy (non-hydrogen) atoms. The number of benzene rings is 1. The summed E-state index contributed by atoms with van der Waals surface area (Å²) in [5, 5.41) is 12.8. The Morgan fingerprint density at radius 1 is 1.38 bits per heavy atom. The van der Waals surface area contributed by atoms with Crippen molar-refractivity contribution in [2.45, 2.75) is 25.4 Å². The van der Waals surface area contributed by atoms with E-state index in [4.69, 9.17) is 0 Å². The van der Waals surface area contributed by atoms with Gasteiger partial charge in [0.05, 0.1) is 6.10 Å². The zero-order chi connectivity index (χ0) is 15.2. The third kappa shape index (κ3) is 4.79. The number of amides is 1. The predicted molar refractivity (Wildman–Crippen MR) is 79.2 cm³/mol. The summed E-state index contributed by atoms with van der Waals surface area (Å²) >= 11 is 0. The highest BCUT2D eigenvalue weighted by Crippen LogP contribution is 2.23. The van der Waals surface area contributed by atoms with Crippen molar-refractivity contribution in [3.63, 3.8) is 0 Å². The van der Waals surface area contributed by atoms with Crippen LogP contribution in [0.3, 0.4) is 0 Å². The molecule has 1 fully saturated rings. The van der Waals surface area contributed by atoms with Crippen LogP contribution < -0.4 is 5.32 Å². The highest BCUT2D eigenvalue weighted by molar-refractivity contribution is 5.75. The standard InChI is InChI=1S/C16H23FN2O2/c1-18-16(21)10-12-6-8-19(9-7-12)11-15(20)13-2-4-14(17)5-3-13/h2-5,12,15,20H,6-11H2,1H3,(H,18,21). The van der Waals surface area contributed by atoms with Crippen molar-refractivity contribution in [3.8, 4) is 0 Å². The second-order valence-electron chi connectivity index (χ2n) is 5.69. The highest BCUT2D eigenvalue weighted by atomic mass is 19.1. The molecule has 1 unspecified atom stereocenters. The lowest BCUT2D eigenvalue weighted by molar-refractivity contribution is -0.121. The Morgan fingerprint density at radius 3 is 2.57 bits per heavy atom. The molecule has 0 radical (unpaired) electrons. The fourth-order valence-electron chi connectivity index (χ4n) is 2.77. The molecule has 0 spiro atoms. The van der Waals surface area contributed by atoms with Gasteiger partial charge in [0.2, 0.25) is 5.91 Å². The van der Waals surface area contributed by atoms with Gasteiger partial charge in [-0.05, 0) is 49.5 Å². The lowest BCUT2D eigenvalue weighted by Crippen LogP contribution is -2.37. The lowest BCUT2D eigenvalue weighted by Gasteiger charge is -2.33. The normalized spacial score (nSPS) is 18.4. The van der Waals surface area contributed by atoms with Gasteiger partial charge >= 0.3 is 0 Å². The van der Waals surface area contributed by atoms with Crippen molar-refractivity contribution in [2.24, 2.45) is 5.92 Å². The predicted octanol–water partition coefficient (Wildman–Crippen LogP) is 1.71. The van der Waals surface area contributed by atoms with Gasteiger partial charge in [0, 0.05) is 20.0 Å². The van der Waals surface area contributed by atoms with E-state index in [1.165, 1.54) is 12.1 Å². The molecule has 5 heteroatoms. The van der Waals surface area contributed by atoms with E-state index in [2.05, 4.69) is 10.2 Å². The number of aliphatic hydroxyl groups excluding tert-OH is 1. The summed E-state index contributed by atoms with van der Waals surface area (Å²) in [6, 6.07) is 5.99. The summed E-state index contributed by atoms with van der Waals surface area (Å²) in [6.07, 6.45) is 1.94. The van der Waals surface area contributed by atoms with E-state index in [0.717, 1.165) is 31.5 Å². The van der Waals surface area contributed by atoms with Crippen LogP contribution in [0.15, 0.2) is 24.3 Å². The summed E-state index contributed by atoms with van der Waals surface area (Å²) < 4.78 is 12.9. The number of β-amino-alcohol motifs (C(OH)–C–C–N with tert-alkyl or cyclic N) is 1. The Morgan fingerprint density at radius 2 is 2.00 bits per heavy atom. The molecular weight excluding hydrogens is 271 g/mol. The molecule has 2 N–H and O–H groups in total. The minimum absolute atomic E-state index is 0.0970. The zero-order valence-corrected chi connectivity index (χ0v) is 12.4. The van der Waals surface area contributed by atoms with Crippen LogP contribution >= 0.6 is 0 Å². The summed E-state index contributed by atoms with van der Waals surface area (Å²) in [4.78, 5) is 13.6.